The predicted octanol–water partition coefficient (Wildman–Crippen LogP) is 2.76. The molecule has 2 aromatic rings. The zero-order valence-corrected chi connectivity index (χ0v) is 11.5. The second kappa shape index (κ2) is 6.00. The number of aromatic hydroxyl groups is 1. The van der Waals surface area contributed by atoms with Gasteiger partial charge in [-0.3, -0.25) is 10.1 Å². The van der Waals surface area contributed by atoms with Gasteiger partial charge in [0.15, 0.2) is 11.6 Å². The van der Waals surface area contributed by atoms with Crippen molar-refractivity contribution in [2.45, 2.75) is 6.92 Å². The number of aromatic nitrogens is 1. The normalized spacial score (nSPS) is 10.8. The first-order valence-corrected chi connectivity index (χ1v) is 6.04. The highest BCUT2D eigenvalue weighted by Gasteiger charge is 2.19. The summed E-state index contributed by atoms with van der Waals surface area (Å²) in [5.41, 5.74) is 0.812. The minimum absolute atomic E-state index is 0.0165. The van der Waals surface area contributed by atoms with Gasteiger partial charge < -0.3 is 9.84 Å². The summed E-state index contributed by atoms with van der Waals surface area (Å²) >= 11 is 0. The Bertz CT molecular complexity index is 713. The van der Waals surface area contributed by atoms with Crippen molar-refractivity contribution in [3.8, 4) is 11.5 Å². The molecule has 0 saturated heterocycles. The predicted molar refractivity (Wildman–Crippen MR) is 77.5 cm³/mol. The molecule has 7 heteroatoms. The standard InChI is InChI=1S/C14H13N3O4/c1-9-4-3-5-13(16-9)15-8-10-6-11(17(19)20)14(18)12(7-10)21-2/h3-8,18H,1-2H3/b15-8+. The van der Waals surface area contributed by atoms with Gasteiger partial charge in [-0.15, -0.1) is 0 Å². The van der Waals surface area contributed by atoms with E-state index in [2.05, 4.69) is 9.98 Å². The van der Waals surface area contributed by atoms with Crippen LogP contribution in [0.5, 0.6) is 11.5 Å². The van der Waals surface area contributed by atoms with Crippen molar-refractivity contribution in [2.24, 2.45) is 4.99 Å². The highest BCUT2D eigenvalue weighted by molar-refractivity contribution is 5.84. The number of hydrogen-bond donors (Lipinski definition) is 1. The van der Waals surface area contributed by atoms with Crippen molar-refractivity contribution < 1.29 is 14.8 Å². The molecule has 0 aliphatic heterocycles. The third-order valence-electron chi connectivity index (χ3n) is 2.71. The van der Waals surface area contributed by atoms with E-state index in [-0.39, 0.29) is 5.75 Å². The summed E-state index contributed by atoms with van der Waals surface area (Å²) in [6.07, 6.45) is 1.43. The number of aryl methyl sites for hydroxylation is 1. The molecule has 21 heavy (non-hydrogen) atoms. The molecule has 1 heterocycles. The van der Waals surface area contributed by atoms with Crippen LogP contribution in [-0.4, -0.2) is 28.3 Å². The van der Waals surface area contributed by atoms with Gasteiger partial charge in [0, 0.05) is 23.5 Å². The summed E-state index contributed by atoms with van der Waals surface area (Å²) in [6, 6.07) is 8.05. The van der Waals surface area contributed by atoms with E-state index in [0.29, 0.717) is 11.4 Å². The smallest absolute Gasteiger partial charge is 0.315 e. The summed E-state index contributed by atoms with van der Waals surface area (Å²) in [6.45, 7) is 1.84. The number of phenols is 1. The lowest BCUT2D eigenvalue weighted by Gasteiger charge is -2.05. The molecule has 0 unspecified atom stereocenters. The molecule has 1 aromatic heterocycles. The van der Waals surface area contributed by atoms with Gasteiger partial charge in [0.2, 0.25) is 5.75 Å². The first-order chi connectivity index (χ1) is 10.0. The monoisotopic (exact) mass is 287 g/mol. The molecule has 0 radical (unpaired) electrons. The van der Waals surface area contributed by atoms with Crippen molar-refractivity contribution in [3.05, 3.63) is 51.7 Å². The number of ether oxygens (including phenoxy) is 1. The number of nitrogens with zero attached hydrogens (tertiary/aromatic N) is 3. The Labute approximate surface area is 120 Å². The number of methoxy groups -OCH3 is 1. The third kappa shape index (κ3) is 3.33. The molecule has 0 saturated carbocycles. The number of pyridine rings is 1. The Morgan fingerprint density at radius 2 is 2.19 bits per heavy atom. The van der Waals surface area contributed by atoms with E-state index in [1.165, 1.54) is 25.5 Å². The molecule has 0 aliphatic carbocycles. The lowest BCUT2D eigenvalue weighted by molar-refractivity contribution is -0.386. The maximum atomic E-state index is 10.9. The van der Waals surface area contributed by atoms with Gasteiger partial charge in [-0.05, 0) is 25.1 Å². The SMILES string of the molecule is COc1cc(/C=N/c2cccc(C)n2)cc([N+](=O)[O-])c1O. The fourth-order valence-electron chi connectivity index (χ4n) is 1.72. The van der Waals surface area contributed by atoms with Gasteiger partial charge in [0.1, 0.15) is 0 Å². The van der Waals surface area contributed by atoms with Crippen LogP contribution in [-0.2, 0) is 0 Å². The van der Waals surface area contributed by atoms with Crippen LogP contribution >= 0.6 is 0 Å². The highest BCUT2D eigenvalue weighted by atomic mass is 16.6. The Kier molecular flexibility index (Phi) is 4.13. The van der Waals surface area contributed by atoms with Gasteiger partial charge in [-0.2, -0.15) is 0 Å². The van der Waals surface area contributed by atoms with Crippen LogP contribution in [0.2, 0.25) is 0 Å². The van der Waals surface area contributed by atoms with E-state index < -0.39 is 16.4 Å². The summed E-state index contributed by atoms with van der Waals surface area (Å²) in [5, 5.41) is 20.6. The topological polar surface area (TPSA) is 97.9 Å². The van der Waals surface area contributed by atoms with Crippen LogP contribution in [0.25, 0.3) is 0 Å². The van der Waals surface area contributed by atoms with Crippen LogP contribution in [0.1, 0.15) is 11.3 Å². The Morgan fingerprint density at radius 1 is 1.43 bits per heavy atom. The average Bonchev–Trinajstić information content (AvgIpc) is 2.46. The molecule has 0 aliphatic rings. The lowest BCUT2D eigenvalue weighted by Crippen LogP contribution is -1.94. The molecule has 0 bridgehead atoms. The molecule has 0 spiro atoms. The minimum Gasteiger partial charge on any atom is -0.500 e. The zero-order valence-electron chi connectivity index (χ0n) is 11.5. The fraction of sp³-hybridized carbons (Fsp3) is 0.143. The van der Waals surface area contributed by atoms with E-state index in [1.54, 1.807) is 6.07 Å². The first kappa shape index (κ1) is 14.4. The number of hydrogen-bond acceptors (Lipinski definition) is 6. The zero-order chi connectivity index (χ0) is 15.4. The maximum Gasteiger partial charge on any atom is 0.315 e. The van der Waals surface area contributed by atoms with E-state index >= 15 is 0 Å². The molecular formula is C14H13N3O4. The molecule has 108 valence electrons. The third-order valence-corrected chi connectivity index (χ3v) is 2.71. The number of nitro benzene ring substituents is 1. The summed E-state index contributed by atoms with van der Waals surface area (Å²) in [4.78, 5) is 18.6. The maximum absolute atomic E-state index is 10.9. The molecule has 2 rings (SSSR count). The molecule has 0 atom stereocenters. The first-order valence-electron chi connectivity index (χ1n) is 6.04. The van der Waals surface area contributed by atoms with Crippen molar-refractivity contribution in [1.82, 2.24) is 4.98 Å². The summed E-state index contributed by atoms with van der Waals surface area (Å²) in [7, 11) is 1.32. The van der Waals surface area contributed by atoms with Crippen molar-refractivity contribution in [1.29, 1.82) is 0 Å². The van der Waals surface area contributed by atoms with E-state index in [1.807, 2.05) is 19.1 Å². The van der Waals surface area contributed by atoms with Crippen LogP contribution < -0.4 is 4.74 Å². The quantitative estimate of drug-likeness (QED) is 0.529. The lowest BCUT2D eigenvalue weighted by atomic mass is 10.2. The molecule has 0 fully saturated rings. The minimum atomic E-state index is -0.680. The second-order valence-corrected chi connectivity index (χ2v) is 4.24. The van der Waals surface area contributed by atoms with E-state index in [0.717, 1.165) is 5.69 Å². The molecular weight excluding hydrogens is 274 g/mol. The van der Waals surface area contributed by atoms with Gasteiger partial charge in [-0.25, -0.2) is 9.98 Å². The average molecular weight is 287 g/mol. The Morgan fingerprint density at radius 3 is 2.81 bits per heavy atom. The van der Waals surface area contributed by atoms with Crippen molar-refractivity contribution in [2.75, 3.05) is 7.11 Å². The number of phenolic OH excluding ortho intramolecular Hbond substituents is 1. The summed E-state index contributed by atoms with van der Waals surface area (Å²) < 4.78 is 4.92. The largest absolute Gasteiger partial charge is 0.500 e. The number of benzene rings is 1. The number of rotatable bonds is 4. The van der Waals surface area contributed by atoms with E-state index in [9.17, 15) is 15.2 Å². The van der Waals surface area contributed by atoms with Crippen LogP contribution in [0.15, 0.2) is 35.3 Å². The molecule has 1 N–H and O–H groups in total. The molecule has 7 nitrogen and oxygen atoms in total. The van der Waals surface area contributed by atoms with Crippen LogP contribution in [0.3, 0.4) is 0 Å². The van der Waals surface area contributed by atoms with Crippen molar-refractivity contribution >= 4 is 17.7 Å². The van der Waals surface area contributed by atoms with Crippen LogP contribution in [0.4, 0.5) is 11.5 Å². The van der Waals surface area contributed by atoms with Gasteiger partial charge in [0.05, 0.1) is 12.0 Å². The molecule has 1 aromatic carbocycles. The Hall–Kier alpha value is -2.96. The second-order valence-electron chi connectivity index (χ2n) is 4.24. The fourth-order valence-corrected chi connectivity index (χ4v) is 1.72. The van der Waals surface area contributed by atoms with Crippen molar-refractivity contribution in [3.63, 3.8) is 0 Å². The number of aliphatic imine (C=N–C) groups is 1. The Balaban J connectivity index is 2.40. The van der Waals surface area contributed by atoms with Gasteiger partial charge in [0.25, 0.3) is 0 Å². The van der Waals surface area contributed by atoms with Crippen LogP contribution in [0, 0.1) is 17.0 Å². The number of nitro groups is 1. The summed E-state index contributed by atoms with van der Waals surface area (Å²) in [5.74, 6) is 0.000812. The van der Waals surface area contributed by atoms with E-state index in [4.69, 9.17) is 4.74 Å². The van der Waals surface area contributed by atoms with Gasteiger partial charge in [-0.1, -0.05) is 6.07 Å². The van der Waals surface area contributed by atoms with Gasteiger partial charge >= 0.3 is 5.69 Å². The molecule has 0 amide bonds. The highest BCUT2D eigenvalue weighted by Crippen LogP contribution is 2.36.